The first kappa shape index (κ1) is 31.0. The lowest BCUT2D eigenvalue weighted by Crippen LogP contribution is -2.39. The number of hydrogen-bond acceptors (Lipinski definition) is 7. The van der Waals surface area contributed by atoms with Crippen molar-refractivity contribution in [3.05, 3.63) is 82.5 Å². The quantitative estimate of drug-likeness (QED) is 0.373. The monoisotopic (exact) mass is 605 g/mol. The Bertz CT molecular complexity index is 1580. The smallest absolute Gasteiger partial charge is 0.421 e. The van der Waals surface area contributed by atoms with Gasteiger partial charge in [-0.2, -0.15) is 13.2 Å². The molecule has 1 fully saturated rings. The number of benzene rings is 2. The van der Waals surface area contributed by atoms with Gasteiger partial charge in [0.15, 0.2) is 9.84 Å². The zero-order valence-corrected chi connectivity index (χ0v) is 24.0. The molecule has 0 bridgehead atoms. The Morgan fingerprint density at radius 3 is 2.29 bits per heavy atom. The summed E-state index contributed by atoms with van der Waals surface area (Å²) in [7, 11) is -3.15. The first-order valence-electron chi connectivity index (χ1n) is 13.1. The number of aryl methyl sites for hydroxylation is 1. The highest BCUT2D eigenvalue weighted by atomic mass is 32.2. The number of alkyl halides is 3. The number of halogens is 3. The SMILES string of the molecule is Cc1ccc(C(=O)N(c2ccc(Oc3ncc(CN4CCS(=O)(=O)CC4)cc3C(F)(F)F)cc2C(=O)O)C(C)C)cc1. The van der Waals surface area contributed by atoms with Crippen molar-refractivity contribution in [3.8, 4) is 11.6 Å². The number of hydrogen-bond donors (Lipinski definition) is 1. The molecule has 2 aromatic carbocycles. The number of anilines is 1. The molecule has 0 saturated carbocycles. The Morgan fingerprint density at radius 1 is 1.07 bits per heavy atom. The molecular weight excluding hydrogens is 575 g/mol. The first-order chi connectivity index (χ1) is 19.6. The summed E-state index contributed by atoms with van der Waals surface area (Å²) in [6, 6.07) is 10.9. The third-order valence-electron chi connectivity index (χ3n) is 6.76. The fraction of sp³-hybridized carbons (Fsp3) is 0.345. The molecule has 1 N–H and O–H groups in total. The van der Waals surface area contributed by atoms with Crippen molar-refractivity contribution in [3.63, 3.8) is 0 Å². The summed E-state index contributed by atoms with van der Waals surface area (Å²) in [5, 5.41) is 9.95. The minimum absolute atomic E-state index is 0.0540. The zero-order valence-electron chi connectivity index (χ0n) is 23.2. The molecule has 3 aromatic rings. The van der Waals surface area contributed by atoms with E-state index in [1.165, 1.54) is 23.2 Å². The van der Waals surface area contributed by atoms with E-state index in [9.17, 15) is 36.3 Å². The number of sulfone groups is 1. The zero-order chi connectivity index (χ0) is 30.8. The Kier molecular flexibility index (Phi) is 8.92. The minimum Gasteiger partial charge on any atom is -0.478 e. The summed E-state index contributed by atoms with van der Waals surface area (Å²) in [6.45, 7) is 5.77. The second-order valence-corrected chi connectivity index (χ2v) is 12.6. The van der Waals surface area contributed by atoms with Crippen molar-refractivity contribution >= 4 is 27.4 Å². The van der Waals surface area contributed by atoms with Gasteiger partial charge in [-0.1, -0.05) is 17.7 Å². The number of carboxylic acid groups (broad SMARTS) is 1. The normalized spacial score (nSPS) is 15.4. The van der Waals surface area contributed by atoms with Gasteiger partial charge in [0.05, 0.1) is 22.8 Å². The third-order valence-corrected chi connectivity index (χ3v) is 8.37. The molecular formula is C29H30F3N3O6S. The summed E-state index contributed by atoms with van der Waals surface area (Å²) in [6.07, 6.45) is -3.63. The van der Waals surface area contributed by atoms with Crippen LogP contribution >= 0.6 is 0 Å². The van der Waals surface area contributed by atoms with E-state index in [0.29, 0.717) is 5.56 Å². The van der Waals surface area contributed by atoms with Gasteiger partial charge >= 0.3 is 12.1 Å². The number of ether oxygens (including phenoxy) is 1. The number of amides is 1. The van der Waals surface area contributed by atoms with Crippen molar-refractivity contribution < 1.29 is 41.0 Å². The largest absolute Gasteiger partial charge is 0.478 e. The maximum absolute atomic E-state index is 14.0. The average molecular weight is 606 g/mol. The van der Waals surface area contributed by atoms with E-state index in [1.807, 2.05) is 6.92 Å². The Morgan fingerprint density at radius 2 is 1.71 bits per heavy atom. The lowest BCUT2D eigenvalue weighted by atomic mass is 10.1. The Labute approximate surface area is 241 Å². The van der Waals surface area contributed by atoms with Crippen LogP contribution < -0.4 is 9.64 Å². The van der Waals surface area contributed by atoms with Gasteiger partial charge in [-0.05, 0) is 62.7 Å². The third kappa shape index (κ3) is 7.26. The molecule has 9 nitrogen and oxygen atoms in total. The summed E-state index contributed by atoms with van der Waals surface area (Å²) in [5.41, 5.74) is 0.0559. The maximum atomic E-state index is 14.0. The predicted molar refractivity (Wildman–Crippen MR) is 150 cm³/mol. The second-order valence-electron chi connectivity index (χ2n) is 10.3. The highest BCUT2D eigenvalue weighted by Gasteiger charge is 2.36. The van der Waals surface area contributed by atoms with E-state index in [-0.39, 0.29) is 53.7 Å². The van der Waals surface area contributed by atoms with Crippen LogP contribution in [0.3, 0.4) is 0 Å². The second kappa shape index (κ2) is 12.1. The number of carbonyl (C=O) groups excluding carboxylic acids is 1. The number of rotatable bonds is 8. The van der Waals surface area contributed by atoms with Crippen LogP contribution in [0.15, 0.2) is 54.7 Å². The number of carbonyl (C=O) groups is 2. The average Bonchev–Trinajstić information content (AvgIpc) is 2.91. The van der Waals surface area contributed by atoms with Crippen LogP contribution in [0.2, 0.25) is 0 Å². The molecule has 1 aromatic heterocycles. The van der Waals surface area contributed by atoms with Crippen molar-refractivity contribution in [1.29, 1.82) is 0 Å². The van der Waals surface area contributed by atoms with Gasteiger partial charge in [0.1, 0.15) is 11.3 Å². The van der Waals surface area contributed by atoms with Gasteiger partial charge in [0.25, 0.3) is 5.91 Å². The molecule has 4 rings (SSSR count). The molecule has 42 heavy (non-hydrogen) atoms. The van der Waals surface area contributed by atoms with E-state index in [2.05, 4.69) is 4.98 Å². The molecule has 1 saturated heterocycles. The summed E-state index contributed by atoms with van der Waals surface area (Å²) < 4.78 is 70.8. The van der Waals surface area contributed by atoms with Crippen LogP contribution in [0.25, 0.3) is 0 Å². The van der Waals surface area contributed by atoms with E-state index in [1.54, 1.807) is 43.0 Å². The maximum Gasteiger partial charge on any atom is 0.421 e. The van der Waals surface area contributed by atoms with Gasteiger partial charge < -0.3 is 14.7 Å². The van der Waals surface area contributed by atoms with Crippen molar-refractivity contribution in [2.45, 2.75) is 39.5 Å². The molecule has 2 heterocycles. The van der Waals surface area contributed by atoms with Crippen LogP contribution in [-0.4, -0.2) is 65.9 Å². The van der Waals surface area contributed by atoms with Crippen molar-refractivity contribution in [1.82, 2.24) is 9.88 Å². The standard InChI is InChI=1S/C29H30F3N3O6S/c1-18(2)35(27(36)21-6-4-19(3)5-7-21)25-9-8-22(15-23(25)28(37)38)41-26-24(29(30,31)32)14-20(16-33-26)17-34-10-12-42(39,40)13-11-34/h4-9,14-16,18H,10-13,17H2,1-3H3,(H,37,38). The van der Waals surface area contributed by atoms with Crippen LogP contribution in [0, 0.1) is 6.92 Å². The molecule has 0 unspecified atom stereocenters. The lowest BCUT2D eigenvalue weighted by Gasteiger charge is -2.28. The van der Waals surface area contributed by atoms with Crippen molar-refractivity contribution in [2.24, 2.45) is 0 Å². The van der Waals surface area contributed by atoms with E-state index in [4.69, 9.17) is 4.74 Å². The fourth-order valence-corrected chi connectivity index (χ4v) is 5.84. The van der Waals surface area contributed by atoms with Gasteiger partial charge in [-0.3, -0.25) is 9.69 Å². The molecule has 1 aliphatic rings. The number of aromatic nitrogens is 1. The predicted octanol–water partition coefficient (Wildman–Crippen LogP) is 5.18. The van der Waals surface area contributed by atoms with Crippen molar-refractivity contribution in [2.75, 3.05) is 29.5 Å². The molecule has 0 radical (unpaired) electrons. The summed E-state index contributed by atoms with van der Waals surface area (Å²) >= 11 is 0. The summed E-state index contributed by atoms with van der Waals surface area (Å²) in [5.74, 6) is -2.96. The van der Waals surface area contributed by atoms with Gasteiger partial charge in [-0.25, -0.2) is 18.2 Å². The molecule has 1 aliphatic heterocycles. The van der Waals surface area contributed by atoms with Crippen LogP contribution in [0.5, 0.6) is 11.6 Å². The van der Waals surface area contributed by atoms with E-state index < -0.39 is 45.4 Å². The van der Waals surface area contributed by atoms with Gasteiger partial charge in [0, 0.05) is 37.4 Å². The fourth-order valence-electron chi connectivity index (χ4n) is 4.56. The van der Waals surface area contributed by atoms with Crippen LogP contribution in [0.1, 0.15) is 51.3 Å². The number of nitrogens with zero attached hydrogens (tertiary/aromatic N) is 3. The molecule has 0 atom stereocenters. The highest BCUT2D eigenvalue weighted by molar-refractivity contribution is 7.91. The first-order valence-corrected chi connectivity index (χ1v) is 14.9. The number of aromatic carboxylic acids is 1. The number of carboxylic acids is 1. The topological polar surface area (TPSA) is 117 Å². The molecule has 0 spiro atoms. The lowest BCUT2D eigenvalue weighted by molar-refractivity contribution is -0.139. The molecule has 13 heteroatoms. The minimum atomic E-state index is -4.84. The Balaban J connectivity index is 1.64. The highest BCUT2D eigenvalue weighted by Crippen LogP contribution is 2.38. The molecule has 1 amide bonds. The van der Waals surface area contributed by atoms with E-state index in [0.717, 1.165) is 17.7 Å². The van der Waals surface area contributed by atoms with E-state index >= 15 is 0 Å². The van der Waals surface area contributed by atoms with Crippen LogP contribution in [-0.2, 0) is 22.6 Å². The summed E-state index contributed by atoms with van der Waals surface area (Å²) in [4.78, 5) is 32.5. The van der Waals surface area contributed by atoms with Gasteiger partial charge in [-0.15, -0.1) is 0 Å². The van der Waals surface area contributed by atoms with Gasteiger partial charge in [0.2, 0.25) is 5.88 Å². The molecule has 0 aliphatic carbocycles. The van der Waals surface area contributed by atoms with Crippen LogP contribution in [0.4, 0.5) is 18.9 Å². The molecule has 224 valence electrons. The number of pyridine rings is 1. The Hall–Kier alpha value is -3.97.